The standard InChI is InChI=1S/C19H17N5/c20-12-14-6-8-16(9-7-14)23-18-19-22-13-17(24(19)11-10-21-18)15-4-2-1-3-5-15/h1-11,13H,12,20H2,(H,21,23). The van der Waals surface area contributed by atoms with E-state index in [1.165, 1.54) is 0 Å². The number of aromatic nitrogens is 3. The van der Waals surface area contributed by atoms with Crippen molar-refractivity contribution in [2.45, 2.75) is 6.54 Å². The van der Waals surface area contributed by atoms with Crippen LogP contribution in [0.5, 0.6) is 0 Å². The highest BCUT2D eigenvalue weighted by Crippen LogP contribution is 2.25. The van der Waals surface area contributed by atoms with Crippen molar-refractivity contribution in [1.82, 2.24) is 14.4 Å². The Morgan fingerprint density at radius 1 is 0.958 bits per heavy atom. The molecule has 5 heteroatoms. The molecule has 5 nitrogen and oxygen atoms in total. The van der Waals surface area contributed by atoms with Crippen molar-refractivity contribution in [3.8, 4) is 11.3 Å². The van der Waals surface area contributed by atoms with E-state index in [-0.39, 0.29) is 0 Å². The maximum atomic E-state index is 5.64. The van der Waals surface area contributed by atoms with Crippen molar-refractivity contribution in [2.24, 2.45) is 5.73 Å². The number of hydrogen-bond donors (Lipinski definition) is 2. The van der Waals surface area contributed by atoms with Crippen LogP contribution in [-0.2, 0) is 6.54 Å². The molecule has 0 aliphatic rings. The molecule has 118 valence electrons. The smallest absolute Gasteiger partial charge is 0.180 e. The Labute approximate surface area is 139 Å². The van der Waals surface area contributed by atoms with Crippen molar-refractivity contribution in [2.75, 3.05) is 5.32 Å². The van der Waals surface area contributed by atoms with E-state index in [0.717, 1.165) is 34.0 Å². The summed E-state index contributed by atoms with van der Waals surface area (Å²) in [4.78, 5) is 8.98. The van der Waals surface area contributed by atoms with Gasteiger partial charge in [-0.2, -0.15) is 0 Å². The van der Waals surface area contributed by atoms with Gasteiger partial charge in [-0.25, -0.2) is 9.97 Å². The molecule has 0 spiro atoms. The SMILES string of the molecule is NCc1ccc(Nc2nccn3c(-c4ccccc4)cnc23)cc1. The first-order valence-corrected chi connectivity index (χ1v) is 7.78. The molecule has 2 aromatic heterocycles. The van der Waals surface area contributed by atoms with Crippen LogP contribution in [0.2, 0.25) is 0 Å². The molecular weight excluding hydrogens is 298 g/mol. The molecule has 0 saturated carbocycles. The molecule has 0 aliphatic heterocycles. The van der Waals surface area contributed by atoms with Crippen LogP contribution in [0.1, 0.15) is 5.56 Å². The highest BCUT2D eigenvalue weighted by Gasteiger charge is 2.10. The van der Waals surface area contributed by atoms with E-state index in [9.17, 15) is 0 Å². The lowest BCUT2D eigenvalue weighted by Crippen LogP contribution is -1.99. The molecule has 0 unspecified atom stereocenters. The average molecular weight is 315 g/mol. The second kappa shape index (κ2) is 6.14. The largest absolute Gasteiger partial charge is 0.337 e. The highest BCUT2D eigenvalue weighted by atomic mass is 15.1. The van der Waals surface area contributed by atoms with E-state index < -0.39 is 0 Å². The van der Waals surface area contributed by atoms with Crippen molar-refractivity contribution < 1.29 is 0 Å². The van der Waals surface area contributed by atoms with Crippen LogP contribution in [-0.4, -0.2) is 14.4 Å². The summed E-state index contributed by atoms with van der Waals surface area (Å²) in [5, 5.41) is 3.33. The molecule has 4 aromatic rings. The van der Waals surface area contributed by atoms with Gasteiger partial charge in [-0.1, -0.05) is 42.5 Å². The Bertz CT molecular complexity index is 958. The van der Waals surface area contributed by atoms with Crippen LogP contribution in [0.4, 0.5) is 11.5 Å². The fourth-order valence-electron chi connectivity index (χ4n) is 2.69. The summed E-state index contributed by atoms with van der Waals surface area (Å²) in [7, 11) is 0. The third kappa shape index (κ3) is 2.61. The van der Waals surface area contributed by atoms with Crippen molar-refractivity contribution in [3.63, 3.8) is 0 Å². The van der Waals surface area contributed by atoms with E-state index in [2.05, 4.69) is 27.4 Å². The second-order valence-corrected chi connectivity index (χ2v) is 5.50. The number of hydrogen-bond acceptors (Lipinski definition) is 4. The predicted molar refractivity (Wildman–Crippen MR) is 96.0 cm³/mol. The third-order valence-electron chi connectivity index (χ3n) is 3.95. The second-order valence-electron chi connectivity index (χ2n) is 5.50. The molecule has 2 aromatic carbocycles. The molecule has 0 aliphatic carbocycles. The molecule has 4 rings (SSSR count). The normalized spacial score (nSPS) is 10.9. The summed E-state index contributed by atoms with van der Waals surface area (Å²) in [6, 6.07) is 18.2. The van der Waals surface area contributed by atoms with Crippen molar-refractivity contribution >= 4 is 17.2 Å². The zero-order chi connectivity index (χ0) is 16.4. The average Bonchev–Trinajstić information content (AvgIpc) is 3.08. The number of nitrogens with two attached hydrogens (primary N) is 1. The van der Waals surface area contributed by atoms with Gasteiger partial charge in [0.1, 0.15) is 0 Å². The molecule has 0 atom stereocenters. The fourth-order valence-corrected chi connectivity index (χ4v) is 2.69. The number of rotatable bonds is 4. The van der Waals surface area contributed by atoms with Gasteiger partial charge < -0.3 is 11.1 Å². The topological polar surface area (TPSA) is 68.2 Å². The summed E-state index contributed by atoms with van der Waals surface area (Å²) in [6.07, 6.45) is 5.57. The first-order chi connectivity index (χ1) is 11.8. The molecule has 3 N–H and O–H groups in total. The van der Waals surface area contributed by atoms with Gasteiger partial charge in [-0.05, 0) is 17.7 Å². The van der Waals surface area contributed by atoms with Gasteiger partial charge in [-0.15, -0.1) is 0 Å². The van der Waals surface area contributed by atoms with E-state index in [0.29, 0.717) is 6.54 Å². The van der Waals surface area contributed by atoms with Gasteiger partial charge in [-0.3, -0.25) is 4.40 Å². The van der Waals surface area contributed by atoms with Crippen LogP contribution in [0, 0.1) is 0 Å². The Morgan fingerprint density at radius 3 is 2.50 bits per heavy atom. The van der Waals surface area contributed by atoms with Gasteiger partial charge in [0.25, 0.3) is 0 Å². The van der Waals surface area contributed by atoms with Gasteiger partial charge in [0.2, 0.25) is 0 Å². The summed E-state index contributed by atoms with van der Waals surface area (Å²) in [5.41, 5.74) is 10.6. The molecule has 0 saturated heterocycles. The molecule has 2 heterocycles. The van der Waals surface area contributed by atoms with Crippen LogP contribution in [0.25, 0.3) is 16.9 Å². The van der Waals surface area contributed by atoms with Crippen molar-refractivity contribution in [3.05, 3.63) is 78.8 Å². The number of imidazole rings is 1. The number of benzene rings is 2. The van der Waals surface area contributed by atoms with Crippen molar-refractivity contribution in [1.29, 1.82) is 0 Å². The number of nitrogens with zero attached hydrogens (tertiary/aromatic N) is 3. The summed E-state index contributed by atoms with van der Waals surface area (Å²) in [6.45, 7) is 0.537. The molecule has 0 bridgehead atoms. The lowest BCUT2D eigenvalue weighted by atomic mass is 10.2. The predicted octanol–water partition coefficient (Wildman–Crippen LogP) is 3.60. The first kappa shape index (κ1) is 14.4. The molecule has 0 fully saturated rings. The monoisotopic (exact) mass is 315 g/mol. The van der Waals surface area contributed by atoms with Gasteiger partial charge in [0.15, 0.2) is 11.5 Å². The Balaban J connectivity index is 1.73. The van der Waals surface area contributed by atoms with Gasteiger partial charge in [0.05, 0.1) is 11.9 Å². The van der Waals surface area contributed by atoms with Crippen LogP contribution >= 0.6 is 0 Å². The van der Waals surface area contributed by atoms with E-state index in [4.69, 9.17) is 5.73 Å². The van der Waals surface area contributed by atoms with Crippen LogP contribution < -0.4 is 11.1 Å². The minimum absolute atomic E-state index is 0.537. The fraction of sp³-hybridized carbons (Fsp3) is 0.0526. The number of nitrogens with one attached hydrogen (secondary N) is 1. The lowest BCUT2D eigenvalue weighted by molar-refractivity contribution is 1.07. The Kier molecular flexibility index (Phi) is 3.69. The zero-order valence-corrected chi connectivity index (χ0v) is 13.1. The Hall–Kier alpha value is -3.18. The van der Waals surface area contributed by atoms with Gasteiger partial charge >= 0.3 is 0 Å². The van der Waals surface area contributed by atoms with Gasteiger partial charge in [0, 0.05) is 30.2 Å². The van der Waals surface area contributed by atoms with Crippen LogP contribution in [0.15, 0.2) is 73.2 Å². The van der Waals surface area contributed by atoms with E-state index in [1.54, 1.807) is 6.20 Å². The molecule has 0 radical (unpaired) electrons. The Morgan fingerprint density at radius 2 is 1.75 bits per heavy atom. The third-order valence-corrected chi connectivity index (χ3v) is 3.95. The first-order valence-electron chi connectivity index (χ1n) is 7.78. The van der Waals surface area contributed by atoms with Crippen LogP contribution in [0.3, 0.4) is 0 Å². The number of anilines is 2. The van der Waals surface area contributed by atoms with E-state index in [1.807, 2.05) is 59.3 Å². The van der Waals surface area contributed by atoms with E-state index >= 15 is 0 Å². The molecule has 24 heavy (non-hydrogen) atoms. The lowest BCUT2D eigenvalue weighted by Gasteiger charge is -2.08. The zero-order valence-electron chi connectivity index (χ0n) is 13.1. The summed E-state index contributed by atoms with van der Waals surface area (Å²) >= 11 is 0. The maximum Gasteiger partial charge on any atom is 0.180 e. The summed E-state index contributed by atoms with van der Waals surface area (Å²) < 4.78 is 2.04. The minimum atomic E-state index is 0.537. The summed E-state index contributed by atoms with van der Waals surface area (Å²) in [5.74, 6) is 0.722. The number of fused-ring (bicyclic) bond motifs is 1. The highest BCUT2D eigenvalue weighted by molar-refractivity contribution is 5.74. The molecule has 0 amide bonds. The maximum absolute atomic E-state index is 5.64. The molecular formula is C19H17N5. The minimum Gasteiger partial charge on any atom is -0.337 e. The quantitative estimate of drug-likeness (QED) is 0.604.